The van der Waals surface area contributed by atoms with E-state index in [-0.39, 0.29) is 18.4 Å². The summed E-state index contributed by atoms with van der Waals surface area (Å²) in [6.07, 6.45) is 2.56. The normalized spacial score (nSPS) is 17.6. The molecule has 23 heavy (non-hydrogen) atoms. The van der Waals surface area contributed by atoms with Crippen LogP contribution in [-0.2, 0) is 9.59 Å². The topological polar surface area (TPSA) is 86.7 Å². The Morgan fingerprint density at radius 2 is 1.96 bits per heavy atom. The average molecular weight is 318 g/mol. The fraction of sp³-hybridized carbons (Fsp3) is 0.471. The van der Waals surface area contributed by atoms with Crippen LogP contribution in [0.15, 0.2) is 24.3 Å². The van der Waals surface area contributed by atoms with Gasteiger partial charge in [-0.15, -0.1) is 0 Å². The summed E-state index contributed by atoms with van der Waals surface area (Å²) in [5.74, 6) is -1.55. The van der Waals surface area contributed by atoms with E-state index in [0.717, 1.165) is 6.42 Å². The summed E-state index contributed by atoms with van der Waals surface area (Å²) in [5.41, 5.74) is 1.16. The van der Waals surface area contributed by atoms with E-state index in [1.807, 2.05) is 6.92 Å². The number of nitrogens with one attached hydrogen (secondary N) is 1. The predicted molar refractivity (Wildman–Crippen MR) is 86.2 cm³/mol. The number of amides is 2. The Kier molecular flexibility index (Phi) is 5.73. The molecule has 124 valence electrons. The first-order valence-electron chi connectivity index (χ1n) is 7.93. The van der Waals surface area contributed by atoms with Crippen molar-refractivity contribution in [3.8, 4) is 0 Å². The Morgan fingerprint density at radius 1 is 1.26 bits per heavy atom. The number of likely N-dealkylation sites (tertiary alicyclic amines) is 1. The van der Waals surface area contributed by atoms with E-state index < -0.39 is 11.9 Å². The molecule has 0 radical (unpaired) electrons. The third-order valence-corrected chi connectivity index (χ3v) is 3.95. The van der Waals surface area contributed by atoms with Gasteiger partial charge < -0.3 is 15.3 Å². The minimum atomic E-state index is -0.850. The highest BCUT2D eigenvalue weighted by Crippen LogP contribution is 2.19. The molecule has 0 aliphatic carbocycles. The Hall–Kier alpha value is -2.37. The average Bonchev–Trinajstić information content (AvgIpc) is 2.55. The van der Waals surface area contributed by atoms with Gasteiger partial charge in [-0.2, -0.15) is 0 Å². The summed E-state index contributed by atoms with van der Waals surface area (Å²) in [7, 11) is 0. The lowest BCUT2D eigenvalue weighted by atomic mass is 9.97. The Balaban J connectivity index is 1.99. The van der Waals surface area contributed by atoms with Crippen molar-refractivity contribution < 1.29 is 19.5 Å². The van der Waals surface area contributed by atoms with Crippen molar-refractivity contribution in [3.63, 3.8) is 0 Å². The number of hydrogen-bond donors (Lipinski definition) is 2. The van der Waals surface area contributed by atoms with Gasteiger partial charge in [-0.25, -0.2) is 0 Å². The number of hydrogen-bond acceptors (Lipinski definition) is 3. The van der Waals surface area contributed by atoms with E-state index in [1.165, 1.54) is 0 Å². The van der Waals surface area contributed by atoms with Crippen LogP contribution < -0.4 is 5.32 Å². The van der Waals surface area contributed by atoms with Crippen molar-refractivity contribution in [2.75, 3.05) is 18.4 Å². The second-order valence-corrected chi connectivity index (χ2v) is 5.80. The zero-order valence-electron chi connectivity index (χ0n) is 13.2. The minimum absolute atomic E-state index is 0.0492. The van der Waals surface area contributed by atoms with Gasteiger partial charge in [-0.05, 0) is 43.5 Å². The number of carboxylic acid groups (broad SMARTS) is 1. The highest BCUT2D eigenvalue weighted by molar-refractivity contribution is 5.96. The molecule has 2 rings (SSSR count). The molecule has 0 aromatic heterocycles. The van der Waals surface area contributed by atoms with E-state index >= 15 is 0 Å². The van der Waals surface area contributed by atoms with Crippen LogP contribution in [0.4, 0.5) is 5.69 Å². The number of carbonyl (C=O) groups excluding carboxylic acids is 2. The van der Waals surface area contributed by atoms with Crippen LogP contribution in [0, 0.1) is 5.92 Å². The highest BCUT2D eigenvalue weighted by Gasteiger charge is 2.28. The van der Waals surface area contributed by atoms with Crippen molar-refractivity contribution in [1.82, 2.24) is 4.90 Å². The molecule has 0 spiro atoms. The van der Waals surface area contributed by atoms with E-state index in [1.54, 1.807) is 29.2 Å². The molecule has 1 aliphatic rings. The maximum Gasteiger partial charge on any atom is 0.308 e. The van der Waals surface area contributed by atoms with Gasteiger partial charge in [0.2, 0.25) is 5.91 Å². The van der Waals surface area contributed by atoms with Gasteiger partial charge in [-0.1, -0.05) is 6.92 Å². The van der Waals surface area contributed by atoms with Crippen LogP contribution in [-0.4, -0.2) is 40.9 Å². The second kappa shape index (κ2) is 7.76. The Labute approximate surface area is 135 Å². The highest BCUT2D eigenvalue weighted by atomic mass is 16.4. The molecule has 1 atom stereocenters. The van der Waals surface area contributed by atoms with E-state index in [4.69, 9.17) is 5.11 Å². The Bertz CT molecular complexity index is 583. The van der Waals surface area contributed by atoms with Gasteiger partial charge in [0, 0.05) is 30.8 Å². The maximum absolute atomic E-state index is 12.4. The molecule has 2 N–H and O–H groups in total. The lowest BCUT2D eigenvalue weighted by Gasteiger charge is -2.30. The minimum Gasteiger partial charge on any atom is -0.481 e. The standard InChI is InChI=1S/C17H22N2O4/c1-2-4-15(20)18-14-8-6-12(7-9-14)16(21)19-10-3-5-13(11-19)17(22)23/h6-9,13H,2-5,10-11H2,1H3,(H,18,20)(H,22,23)/t13-/m0/s1. The molecule has 1 aliphatic heterocycles. The zero-order valence-corrected chi connectivity index (χ0v) is 13.2. The number of carboxylic acids is 1. The molecule has 6 nitrogen and oxygen atoms in total. The quantitative estimate of drug-likeness (QED) is 0.872. The molecule has 1 fully saturated rings. The molecule has 1 aromatic rings. The van der Waals surface area contributed by atoms with Crippen molar-refractivity contribution >= 4 is 23.5 Å². The smallest absolute Gasteiger partial charge is 0.308 e. The first-order valence-corrected chi connectivity index (χ1v) is 7.93. The maximum atomic E-state index is 12.4. The van der Waals surface area contributed by atoms with Gasteiger partial charge in [0.25, 0.3) is 5.91 Å². The van der Waals surface area contributed by atoms with Crippen LogP contribution in [0.25, 0.3) is 0 Å². The first kappa shape index (κ1) is 17.0. The van der Waals surface area contributed by atoms with Gasteiger partial charge in [0.1, 0.15) is 0 Å². The SMILES string of the molecule is CCCC(=O)Nc1ccc(C(=O)N2CCC[C@H](C(=O)O)C2)cc1. The zero-order chi connectivity index (χ0) is 16.8. The number of piperidine rings is 1. The van der Waals surface area contributed by atoms with Crippen LogP contribution >= 0.6 is 0 Å². The number of benzene rings is 1. The summed E-state index contributed by atoms with van der Waals surface area (Å²) < 4.78 is 0. The van der Waals surface area contributed by atoms with Crippen molar-refractivity contribution in [1.29, 1.82) is 0 Å². The Morgan fingerprint density at radius 3 is 2.57 bits per heavy atom. The third kappa shape index (κ3) is 4.55. The molecule has 2 amide bonds. The largest absolute Gasteiger partial charge is 0.481 e. The summed E-state index contributed by atoms with van der Waals surface area (Å²) in [6, 6.07) is 6.71. The molecular weight excluding hydrogens is 296 g/mol. The summed E-state index contributed by atoms with van der Waals surface area (Å²) in [6.45, 7) is 2.77. The van der Waals surface area contributed by atoms with Gasteiger partial charge in [-0.3, -0.25) is 14.4 Å². The fourth-order valence-electron chi connectivity index (χ4n) is 2.69. The van der Waals surface area contributed by atoms with E-state index in [0.29, 0.717) is 37.1 Å². The van der Waals surface area contributed by atoms with Crippen molar-refractivity contribution in [2.45, 2.75) is 32.6 Å². The first-order chi connectivity index (χ1) is 11.0. The van der Waals surface area contributed by atoms with Crippen molar-refractivity contribution in [2.24, 2.45) is 5.92 Å². The molecule has 1 aromatic carbocycles. The van der Waals surface area contributed by atoms with E-state index in [2.05, 4.69) is 5.32 Å². The van der Waals surface area contributed by atoms with Crippen LogP contribution in [0.1, 0.15) is 43.0 Å². The second-order valence-electron chi connectivity index (χ2n) is 5.80. The van der Waals surface area contributed by atoms with Crippen molar-refractivity contribution in [3.05, 3.63) is 29.8 Å². The van der Waals surface area contributed by atoms with E-state index in [9.17, 15) is 14.4 Å². The molecule has 6 heteroatoms. The molecule has 0 bridgehead atoms. The molecule has 1 saturated heterocycles. The number of anilines is 1. The van der Waals surface area contributed by atoms with Crippen LogP contribution in [0.3, 0.4) is 0 Å². The molecule has 1 heterocycles. The monoisotopic (exact) mass is 318 g/mol. The number of carbonyl (C=O) groups is 3. The predicted octanol–water partition coefficient (Wildman–Crippen LogP) is 2.36. The number of aliphatic carboxylic acids is 1. The number of rotatable bonds is 5. The molecular formula is C17H22N2O4. The molecule has 0 unspecified atom stereocenters. The van der Waals surface area contributed by atoms with Crippen LogP contribution in [0.5, 0.6) is 0 Å². The summed E-state index contributed by atoms with van der Waals surface area (Å²) >= 11 is 0. The lowest BCUT2D eigenvalue weighted by molar-refractivity contribution is -0.143. The van der Waals surface area contributed by atoms with Gasteiger partial charge >= 0.3 is 5.97 Å². The third-order valence-electron chi connectivity index (χ3n) is 3.95. The number of nitrogens with zero attached hydrogens (tertiary/aromatic N) is 1. The fourth-order valence-corrected chi connectivity index (χ4v) is 2.69. The molecule has 0 saturated carbocycles. The van der Waals surface area contributed by atoms with Gasteiger partial charge in [0.15, 0.2) is 0 Å². The van der Waals surface area contributed by atoms with Crippen LogP contribution in [0.2, 0.25) is 0 Å². The van der Waals surface area contributed by atoms with Gasteiger partial charge in [0.05, 0.1) is 5.92 Å². The summed E-state index contributed by atoms with van der Waals surface area (Å²) in [4.78, 5) is 36.7. The summed E-state index contributed by atoms with van der Waals surface area (Å²) in [5, 5.41) is 11.9. The lowest BCUT2D eigenvalue weighted by Crippen LogP contribution is -2.42.